The van der Waals surface area contributed by atoms with E-state index in [4.69, 9.17) is 51.9 Å². The molecule has 8 unspecified atom stereocenters. The van der Waals surface area contributed by atoms with Gasteiger partial charge in [0.25, 0.3) is 0 Å². The zero-order valence-electron chi connectivity index (χ0n) is 26.5. The molecule has 7 rings (SSSR count). The highest BCUT2D eigenvalue weighted by molar-refractivity contribution is 7.51. The Balaban J connectivity index is 1.28. The number of fused-ring (bicyclic) bond motifs is 4. The van der Waals surface area contributed by atoms with E-state index in [2.05, 4.69) is 0 Å². The summed E-state index contributed by atoms with van der Waals surface area (Å²) in [4.78, 5) is 23.1. The van der Waals surface area contributed by atoms with Gasteiger partial charge in [0.2, 0.25) is 12.5 Å². The first kappa shape index (κ1) is 33.3. The summed E-state index contributed by atoms with van der Waals surface area (Å²) in [5, 5.41) is 22.1. The molecular formula is C31H37O16P. The quantitative estimate of drug-likeness (QED) is 0.195. The normalized spacial score (nSPS) is 34.7. The predicted octanol–water partition coefficient (Wildman–Crippen LogP) is 1.80. The molecule has 16 nitrogen and oxygen atoms in total. The van der Waals surface area contributed by atoms with Crippen molar-refractivity contribution in [1.29, 1.82) is 0 Å². The Morgan fingerprint density at radius 2 is 1.62 bits per heavy atom. The number of carbonyl (C=O) groups is 1. The highest BCUT2D eigenvalue weighted by Crippen LogP contribution is 2.57. The molecule has 262 valence electrons. The predicted molar refractivity (Wildman–Crippen MR) is 159 cm³/mol. The third-order valence-electron chi connectivity index (χ3n) is 9.22. The van der Waals surface area contributed by atoms with Gasteiger partial charge in [0.1, 0.15) is 24.4 Å². The number of hydrogen-bond acceptors (Lipinski definition) is 15. The van der Waals surface area contributed by atoms with Crippen molar-refractivity contribution < 1.29 is 76.4 Å². The summed E-state index contributed by atoms with van der Waals surface area (Å²) < 4.78 is 74.3. The molecule has 0 radical (unpaired) electrons. The Hall–Kier alpha value is -3.18. The van der Waals surface area contributed by atoms with E-state index < -0.39 is 81.2 Å². The van der Waals surface area contributed by atoms with E-state index in [1.165, 1.54) is 14.2 Å². The van der Waals surface area contributed by atoms with Crippen LogP contribution in [-0.4, -0.2) is 106 Å². The van der Waals surface area contributed by atoms with Gasteiger partial charge >= 0.3 is 13.6 Å². The minimum Gasteiger partial charge on any atom is -0.493 e. The highest BCUT2D eigenvalue weighted by Gasteiger charge is 2.56. The first-order chi connectivity index (χ1) is 23.0. The van der Waals surface area contributed by atoms with Crippen LogP contribution >= 0.6 is 7.60 Å². The number of rotatable bonds is 9. The van der Waals surface area contributed by atoms with Crippen LogP contribution in [-0.2, 0) is 37.6 Å². The van der Waals surface area contributed by atoms with Crippen molar-refractivity contribution >= 4 is 13.6 Å². The topological polar surface area (TPSA) is 196 Å². The van der Waals surface area contributed by atoms with Crippen molar-refractivity contribution in [3.05, 3.63) is 41.0 Å². The van der Waals surface area contributed by atoms with E-state index in [1.807, 2.05) is 0 Å². The maximum absolute atomic E-state index is 13.6. The average molecular weight is 697 g/mol. The van der Waals surface area contributed by atoms with E-state index in [-0.39, 0.29) is 37.3 Å². The van der Waals surface area contributed by atoms with Crippen LogP contribution < -0.4 is 23.7 Å². The summed E-state index contributed by atoms with van der Waals surface area (Å²) in [6.07, 6.45) is -7.04. The van der Waals surface area contributed by atoms with Gasteiger partial charge in [-0.1, -0.05) is 0 Å². The van der Waals surface area contributed by atoms with Crippen LogP contribution in [0.15, 0.2) is 24.3 Å². The molecule has 2 aromatic carbocycles. The Morgan fingerprint density at radius 3 is 2.29 bits per heavy atom. The van der Waals surface area contributed by atoms with Gasteiger partial charge in [0.15, 0.2) is 42.4 Å². The fraction of sp³-hybridized carbons (Fsp3) is 0.581. The molecule has 3 fully saturated rings. The van der Waals surface area contributed by atoms with Crippen LogP contribution in [0.1, 0.15) is 35.6 Å². The Kier molecular flexibility index (Phi) is 8.98. The summed E-state index contributed by atoms with van der Waals surface area (Å²) in [7, 11) is -0.982. The lowest BCUT2D eigenvalue weighted by atomic mass is 9.66. The highest BCUT2D eigenvalue weighted by atomic mass is 31.2. The lowest BCUT2D eigenvalue weighted by molar-refractivity contribution is -0.364. The summed E-state index contributed by atoms with van der Waals surface area (Å²) in [6, 6.07) is 6.92. The van der Waals surface area contributed by atoms with Crippen molar-refractivity contribution in [3.63, 3.8) is 0 Å². The second-order valence-electron chi connectivity index (χ2n) is 12.2. The molecule has 1 aliphatic carbocycles. The first-order valence-electron chi connectivity index (χ1n) is 15.3. The number of benzene rings is 2. The van der Waals surface area contributed by atoms with E-state index in [9.17, 15) is 24.5 Å². The summed E-state index contributed by atoms with van der Waals surface area (Å²) in [6.45, 7) is 2.30. The largest absolute Gasteiger partial charge is 0.493 e. The number of aliphatic hydroxyl groups is 2. The molecule has 4 aliphatic heterocycles. The van der Waals surface area contributed by atoms with Crippen molar-refractivity contribution in [3.8, 4) is 28.7 Å². The molecule has 0 aromatic heterocycles. The Labute approximate surface area is 275 Å². The molecule has 5 aliphatic rings. The fourth-order valence-corrected chi connectivity index (χ4v) is 7.30. The van der Waals surface area contributed by atoms with E-state index >= 15 is 0 Å². The van der Waals surface area contributed by atoms with E-state index in [1.54, 1.807) is 31.2 Å². The second-order valence-corrected chi connectivity index (χ2v) is 14.0. The summed E-state index contributed by atoms with van der Waals surface area (Å²) in [5.74, 6) is -0.969. The number of cyclic esters (lactones) is 1. The summed E-state index contributed by atoms with van der Waals surface area (Å²) in [5.41, 5.74) is 1.89. The number of carbonyl (C=O) groups excluding carboxylic acids is 1. The number of hydrogen-bond donors (Lipinski definition) is 3. The maximum atomic E-state index is 13.6. The van der Waals surface area contributed by atoms with Crippen molar-refractivity contribution in [2.75, 3.05) is 47.7 Å². The zero-order valence-corrected chi connectivity index (χ0v) is 27.4. The number of aliphatic hydroxyl groups excluding tert-OH is 2. The minimum absolute atomic E-state index is 0.00423. The van der Waals surface area contributed by atoms with E-state index in [0.717, 1.165) is 6.66 Å². The Bertz CT molecular complexity index is 1570. The van der Waals surface area contributed by atoms with Crippen LogP contribution in [0, 0.1) is 11.8 Å². The molecule has 3 saturated heterocycles. The molecule has 11 atom stereocenters. The molecule has 48 heavy (non-hydrogen) atoms. The van der Waals surface area contributed by atoms with Gasteiger partial charge in [-0.3, -0.25) is 13.9 Å². The SMILES string of the molecule is COc1cc(C2c3cc4c(cc3C(OC3O[C@@H]5COC(C)OC5C(O)C3O)[C@H]3COC(=O)[C@H]23)OCO4)cc(OC)c1OCOP(C)(=O)O. The van der Waals surface area contributed by atoms with Gasteiger partial charge in [-0.05, 0) is 47.9 Å². The molecule has 17 heteroatoms. The average Bonchev–Trinajstić information content (AvgIpc) is 3.68. The standard InChI is InChI=1S/C31H37O16P/c1-13-39-10-22-29(45-13)25(32)26(33)31(46-22)47-27-16-8-19-18(41-11-42-19)7-15(16)23(24-17(27)9-40-30(24)34)14-5-20(37-2)28(21(6-14)38-3)43-12-44-48(4,35)36/h5-8,13,17,22-27,29,31-33H,9-12H2,1-4H3,(H,35,36)/t13?,17-,22+,23?,24-,25?,26?,27?,29?,31?/m0/s1. The Morgan fingerprint density at radius 1 is 0.938 bits per heavy atom. The fourth-order valence-electron chi connectivity index (χ4n) is 7.05. The smallest absolute Gasteiger partial charge is 0.327 e. The van der Waals surface area contributed by atoms with Crippen LogP contribution in [0.5, 0.6) is 28.7 Å². The lowest BCUT2D eigenvalue weighted by Crippen LogP contribution is -2.63. The second kappa shape index (κ2) is 12.9. The molecular weight excluding hydrogens is 659 g/mol. The summed E-state index contributed by atoms with van der Waals surface area (Å²) >= 11 is 0. The molecule has 4 heterocycles. The zero-order chi connectivity index (χ0) is 33.9. The third kappa shape index (κ3) is 5.99. The molecule has 0 spiro atoms. The van der Waals surface area contributed by atoms with Gasteiger partial charge in [0, 0.05) is 18.5 Å². The number of methoxy groups -OCH3 is 2. The molecule has 0 amide bonds. The third-order valence-corrected chi connectivity index (χ3v) is 9.81. The van der Waals surface area contributed by atoms with Crippen LogP contribution in [0.4, 0.5) is 0 Å². The van der Waals surface area contributed by atoms with Crippen LogP contribution in [0.3, 0.4) is 0 Å². The van der Waals surface area contributed by atoms with Crippen LogP contribution in [0.25, 0.3) is 0 Å². The van der Waals surface area contributed by atoms with Crippen molar-refractivity contribution in [1.82, 2.24) is 0 Å². The van der Waals surface area contributed by atoms with Gasteiger partial charge in [-0.15, -0.1) is 0 Å². The van der Waals surface area contributed by atoms with Gasteiger partial charge in [-0.25, -0.2) is 0 Å². The maximum Gasteiger partial charge on any atom is 0.327 e. The van der Waals surface area contributed by atoms with Crippen molar-refractivity contribution in [2.24, 2.45) is 11.8 Å². The van der Waals surface area contributed by atoms with Crippen molar-refractivity contribution in [2.45, 2.75) is 55.9 Å². The molecule has 2 aromatic rings. The lowest BCUT2D eigenvalue weighted by Gasteiger charge is -2.47. The monoisotopic (exact) mass is 696 g/mol. The first-order valence-corrected chi connectivity index (χ1v) is 17.4. The van der Waals surface area contributed by atoms with Gasteiger partial charge in [0.05, 0.1) is 39.5 Å². The van der Waals surface area contributed by atoms with Gasteiger partial charge < -0.3 is 62.5 Å². The van der Waals surface area contributed by atoms with Gasteiger partial charge in [-0.2, -0.15) is 0 Å². The van der Waals surface area contributed by atoms with E-state index in [0.29, 0.717) is 28.2 Å². The number of ether oxygens (including phenoxy) is 10. The van der Waals surface area contributed by atoms with Crippen LogP contribution in [0.2, 0.25) is 0 Å². The molecule has 0 bridgehead atoms. The number of esters is 1. The minimum atomic E-state index is -3.82. The molecule has 0 saturated carbocycles. The molecule has 3 N–H and O–H groups in total.